The first-order valence-electron chi connectivity index (χ1n) is 8.56. The van der Waals surface area contributed by atoms with Gasteiger partial charge >= 0.3 is 6.03 Å². The third-order valence-corrected chi connectivity index (χ3v) is 5.35. The molecule has 3 rings (SSSR count). The maximum absolute atomic E-state index is 12.2. The molecule has 0 saturated carbocycles. The van der Waals surface area contributed by atoms with Gasteiger partial charge in [0.25, 0.3) is 0 Å². The van der Waals surface area contributed by atoms with Crippen molar-refractivity contribution in [3.05, 3.63) is 46.5 Å². The molecule has 6 heteroatoms. The van der Waals surface area contributed by atoms with Crippen molar-refractivity contribution in [2.24, 2.45) is 0 Å². The maximum atomic E-state index is 12.2. The lowest BCUT2D eigenvalue weighted by molar-refractivity contribution is 0.220. The number of urea groups is 1. The predicted molar refractivity (Wildman–Crippen MR) is 96.3 cm³/mol. The molecule has 1 saturated heterocycles. The number of hydrogen-bond donors (Lipinski definition) is 2. The minimum Gasteiger partial charge on any atom is -0.469 e. The normalized spacial score (nSPS) is 17.5. The van der Waals surface area contributed by atoms with Crippen LogP contribution in [-0.4, -0.2) is 36.6 Å². The summed E-state index contributed by atoms with van der Waals surface area (Å²) in [4.78, 5) is 16.0. The Morgan fingerprint density at radius 1 is 1.33 bits per heavy atom. The Morgan fingerprint density at radius 3 is 2.83 bits per heavy atom. The molecule has 2 aromatic heterocycles. The fraction of sp³-hybridized carbons (Fsp3) is 0.500. The second-order valence-electron chi connectivity index (χ2n) is 6.31. The zero-order chi connectivity index (χ0) is 16.8. The van der Waals surface area contributed by atoms with Gasteiger partial charge in [-0.3, -0.25) is 4.90 Å². The monoisotopic (exact) mass is 347 g/mol. The summed E-state index contributed by atoms with van der Waals surface area (Å²) >= 11 is 1.76. The van der Waals surface area contributed by atoms with E-state index in [0.29, 0.717) is 13.0 Å². The van der Waals surface area contributed by atoms with Crippen LogP contribution in [0.3, 0.4) is 0 Å². The van der Waals surface area contributed by atoms with Crippen molar-refractivity contribution in [3.63, 3.8) is 0 Å². The number of carbonyl (C=O) groups excluding carboxylic acids is 1. The molecule has 0 radical (unpaired) electrons. The van der Waals surface area contributed by atoms with Gasteiger partial charge in [-0.05, 0) is 56.4 Å². The molecule has 2 N–H and O–H groups in total. The van der Waals surface area contributed by atoms with Gasteiger partial charge in [0, 0.05) is 23.9 Å². The summed E-state index contributed by atoms with van der Waals surface area (Å²) in [6.45, 7) is 4.85. The highest BCUT2D eigenvalue weighted by Gasteiger charge is 2.24. The van der Waals surface area contributed by atoms with Crippen LogP contribution < -0.4 is 10.6 Å². The van der Waals surface area contributed by atoms with Crippen molar-refractivity contribution in [1.29, 1.82) is 0 Å². The Kier molecular flexibility index (Phi) is 5.93. The second-order valence-corrected chi connectivity index (χ2v) is 7.29. The van der Waals surface area contributed by atoms with Gasteiger partial charge in [-0.2, -0.15) is 0 Å². The lowest BCUT2D eigenvalue weighted by atomic mass is 10.2. The SMILES string of the molecule is C[C@H](Cc1ccco1)NC(=O)NC[C@@H](c1cccs1)N1CCCC1. The third-order valence-electron chi connectivity index (χ3n) is 4.37. The number of likely N-dealkylation sites (tertiary alicyclic amines) is 1. The largest absolute Gasteiger partial charge is 0.469 e. The molecule has 1 aliphatic heterocycles. The number of nitrogens with zero attached hydrogens (tertiary/aromatic N) is 1. The van der Waals surface area contributed by atoms with E-state index in [1.807, 2.05) is 19.1 Å². The first kappa shape index (κ1) is 17.0. The summed E-state index contributed by atoms with van der Waals surface area (Å²) in [7, 11) is 0. The van der Waals surface area contributed by atoms with E-state index in [-0.39, 0.29) is 18.1 Å². The fourth-order valence-electron chi connectivity index (χ4n) is 3.19. The molecule has 5 nitrogen and oxygen atoms in total. The quantitative estimate of drug-likeness (QED) is 0.807. The Hall–Kier alpha value is -1.79. The number of nitrogens with one attached hydrogen (secondary N) is 2. The molecule has 0 bridgehead atoms. The van der Waals surface area contributed by atoms with Gasteiger partial charge in [-0.15, -0.1) is 11.3 Å². The number of carbonyl (C=O) groups is 1. The lowest BCUT2D eigenvalue weighted by Gasteiger charge is -2.27. The number of amides is 2. The van der Waals surface area contributed by atoms with Crippen molar-refractivity contribution < 1.29 is 9.21 Å². The summed E-state index contributed by atoms with van der Waals surface area (Å²) in [5.74, 6) is 0.885. The molecule has 0 aromatic carbocycles. The second kappa shape index (κ2) is 8.35. The van der Waals surface area contributed by atoms with E-state index in [4.69, 9.17) is 4.42 Å². The van der Waals surface area contributed by atoms with Crippen LogP contribution in [0.1, 0.15) is 36.4 Å². The molecular weight excluding hydrogens is 322 g/mol. The third kappa shape index (κ3) is 4.61. The van der Waals surface area contributed by atoms with Crippen LogP contribution in [0.2, 0.25) is 0 Å². The van der Waals surface area contributed by atoms with Crippen LogP contribution >= 0.6 is 11.3 Å². The van der Waals surface area contributed by atoms with Crippen LogP contribution in [0.15, 0.2) is 40.3 Å². The summed E-state index contributed by atoms with van der Waals surface area (Å²) in [5.41, 5.74) is 0. The molecule has 1 aliphatic rings. The highest BCUT2D eigenvalue weighted by atomic mass is 32.1. The Balaban J connectivity index is 1.49. The minimum absolute atomic E-state index is 0.0307. The fourth-order valence-corrected chi connectivity index (χ4v) is 4.05. The summed E-state index contributed by atoms with van der Waals surface area (Å²) in [6, 6.07) is 8.22. The Bertz CT molecular complexity index is 606. The zero-order valence-electron chi connectivity index (χ0n) is 14.0. The van der Waals surface area contributed by atoms with Gasteiger partial charge in [-0.25, -0.2) is 4.79 Å². The number of hydrogen-bond acceptors (Lipinski definition) is 4. The highest BCUT2D eigenvalue weighted by molar-refractivity contribution is 7.10. The van der Waals surface area contributed by atoms with Gasteiger partial charge < -0.3 is 15.1 Å². The molecule has 2 amide bonds. The van der Waals surface area contributed by atoms with Gasteiger partial charge in [0.2, 0.25) is 0 Å². The number of rotatable bonds is 7. The zero-order valence-corrected chi connectivity index (χ0v) is 14.8. The standard InChI is InChI=1S/C18H25N3O2S/c1-14(12-15-6-4-10-23-15)20-18(22)19-13-16(17-7-5-11-24-17)21-8-2-3-9-21/h4-7,10-11,14,16H,2-3,8-9,12-13H2,1H3,(H2,19,20,22)/t14-,16+/m1/s1. The minimum atomic E-state index is -0.116. The summed E-state index contributed by atoms with van der Waals surface area (Å²) < 4.78 is 5.32. The van der Waals surface area contributed by atoms with E-state index < -0.39 is 0 Å². The topological polar surface area (TPSA) is 57.5 Å². The highest BCUT2D eigenvalue weighted by Crippen LogP contribution is 2.27. The molecule has 0 spiro atoms. The Morgan fingerprint density at radius 2 is 2.17 bits per heavy atom. The smallest absolute Gasteiger partial charge is 0.315 e. The van der Waals surface area contributed by atoms with Crippen LogP contribution in [-0.2, 0) is 6.42 Å². The van der Waals surface area contributed by atoms with Gasteiger partial charge in [0.15, 0.2) is 0 Å². The van der Waals surface area contributed by atoms with E-state index >= 15 is 0 Å². The molecule has 2 atom stereocenters. The van der Waals surface area contributed by atoms with Gasteiger partial charge in [-0.1, -0.05) is 6.07 Å². The predicted octanol–water partition coefficient (Wildman–Crippen LogP) is 3.41. The van der Waals surface area contributed by atoms with Crippen molar-refractivity contribution in [1.82, 2.24) is 15.5 Å². The molecule has 3 heterocycles. The molecule has 24 heavy (non-hydrogen) atoms. The molecule has 2 aromatic rings. The van der Waals surface area contributed by atoms with Crippen molar-refractivity contribution >= 4 is 17.4 Å². The van der Waals surface area contributed by atoms with E-state index in [0.717, 1.165) is 18.8 Å². The van der Waals surface area contributed by atoms with Crippen molar-refractivity contribution in [2.75, 3.05) is 19.6 Å². The first-order chi connectivity index (χ1) is 11.7. The van der Waals surface area contributed by atoms with Crippen LogP contribution in [0, 0.1) is 0 Å². The van der Waals surface area contributed by atoms with E-state index in [1.165, 1.54) is 17.7 Å². The van der Waals surface area contributed by atoms with Gasteiger partial charge in [0.1, 0.15) is 5.76 Å². The Labute approximate surface area is 147 Å². The van der Waals surface area contributed by atoms with Crippen molar-refractivity contribution in [3.8, 4) is 0 Å². The molecule has 0 aliphatic carbocycles. The average molecular weight is 347 g/mol. The van der Waals surface area contributed by atoms with E-state index in [1.54, 1.807) is 17.6 Å². The number of furan rings is 1. The first-order valence-corrected chi connectivity index (χ1v) is 9.44. The maximum Gasteiger partial charge on any atom is 0.315 e. The van der Waals surface area contributed by atoms with Gasteiger partial charge in [0.05, 0.1) is 12.3 Å². The molecule has 1 fully saturated rings. The molecular formula is C18H25N3O2S. The van der Waals surface area contributed by atoms with Crippen molar-refractivity contribution in [2.45, 2.75) is 38.3 Å². The number of thiophene rings is 1. The average Bonchev–Trinajstić information content (AvgIpc) is 3.31. The van der Waals surface area contributed by atoms with Crippen LogP contribution in [0.4, 0.5) is 4.79 Å². The van der Waals surface area contributed by atoms with E-state index in [9.17, 15) is 4.79 Å². The van der Waals surface area contributed by atoms with E-state index in [2.05, 4.69) is 33.0 Å². The summed E-state index contributed by atoms with van der Waals surface area (Å²) in [5, 5.41) is 8.13. The molecule has 0 unspecified atom stereocenters. The van der Waals surface area contributed by atoms with Crippen LogP contribution in [0.25, 0.3) is 0 Å². The summed E-state index contributed by atoms with van der Waals surface area (Å²) in [6.07, 6.45) is 4.84. The van der Waals surface area contributed by atoms with Crippen LogP contribution in [0.5, 0.6) is 0 Å². The molecule has 130 valence electrons. The lowest BCUT2D eigenvalue weighted by Crippen LogP contribution is -2.44.